The van der Waals surface area contributed by atoms with Crippen LogP contribution < -0.4 is 5.73 Å². The number of halogens is 3. The molecule has 0 aromatic carbocycles. The number of carbonyl (C=O) groups is 1. The van der Waals surface area contributed by atoms with Gasteiger partial charge in [-0.15, -0.1) is 4.13 Å². The first-order valence-electron chi connectivity index (χ1n) is 5.59. The van der Waals surface area contributed by atoms with Crippen LogP contribution in [0.5, 0.6) is 0 Å². The van der Waals surface area contributed by atoms with E-state index < -0.39 is 66.4 Å². The lowest BCUT2D eigenvalue weighted by atomic mass is 10.2. The van der Waals surface area contributed by atoms with Crippen molar-refractivity contribution in [3.63, 3.8) is 0 Å². The molecule has 0 saturated heterocycles. The second-order valence-corrected chi connectivity index (χ2v) is 8.27. The number of hydrogen-bond acceptors (Lipinski definition) is 4. The molecule has 2 atom stereocenters. The van der Waals surface area contributed by atoms with Crippen molar-refractivity contribution < 1.29 is 41.6 Å². The average Bonchev–Trinajstić information content (AvgIpc) is 2.21. The minimum absolute atomic E-state index is 0.427. The summed E-state index contributed by atoms with van der Waals surface area (Å²) in [4.78, 5) is 27.9. The SMILES string of the molecule is N[C@@H](CCS(=O)(CCCC(F)(F)F)=NP(=O)(O)O)C(=O)O. The predicted molar refractivity (Wildman–Crippen MR) is 67.9 cm³/mol. The average molecular weight is 356 g/mol. The molecule has 0 aliphatic rings. The Morgan fingerprint density at radius 1 is 1.33 bits per heavy atom. The van der Waals surface area contributed by atoms with E-state index >= 15 is 0 Å². The molecule has 0 aliphatic carbocycles. The van der Waals surface area contributed by atoms with Crippen molar-refractivity contribution in [2.75, 3.05) is 11.5 Å². The highest BCUT2D eigenvalue weighted by atomic mass is 32.2. The summed E-state index contributed by atoms with van der Waals surface area (Å²) in [6.07, 6.45) is -6.86. The van der Waals surface area contributed by atoms with E-state index in [0.717, 1.165) is 0 Å². The Balaban J connectivity index is 4.97. The zero-order chi connectivity index (χ0) is 16.9. The molecule has 0 heterocycles. The van der Waals surface area contributed by atoms with Crippen LogP contribution in [-0.4, -0.2) is 48.8 Å². The summed E-state index contributed by atoms with van der Waals surface area (Å²) in [5, 5.41) is 8.54. The summed E-state index contributed by atoms with van der Waals surface area (Å²) in [6.45, 7) is 0. The van der Waals surface area contributed by atoms with E-state index in [4.69, 9.17) is 20.6 Å². The molecule has 0 radical (unpaired) electrons. The molecule has 21 heavy (non-hydrogen) atoms. The Kier molecular flexibility index (Phi) is 7.30. The van der Waals surface area contributed by atoms with Gasteiger partial charge in [0.05, 0.1) is 9.73 Å². The lowest BCUT2D eigenvalue weighted by Gasteiger charge is -2.13. The molecular weight excluding hydrogens is 340 g/mol. The summed E-state index contributed by atoms with van der Waals surface area (Å²) in [7, 11) is -8.75. The van der Waals surface area contributed by atoms with Crippen molar-refractivity contribution in [2.45, 2.75) is 31.5 Å². The summed E-state index contributed by atoms with van der Waals surface area (Å²) in [6, 6.07) is -1.44. The van der Waals surface area contributed by atoms with E-state index in [0.29, 0.717) is 0 Å². The second kappa shape index (κ2) is 7.54. The zero-order valence-corrected chi connectivity index (χ0v) is 12.4. The van der Waals surface area contributed by atoms with Crippen molar-refractivity contribution >= 4 is 23.4 Å². The quantitative estimate of drug-likeness (QED) is 0.467. The standard InChI is InChI=1S/C8H16F3N2O6PS/c9-8(10,11)3-1-4-21(19,13-20(16,17)18)5-2-6(12)7(14)15/h6H,1-5,12H2,(H,14,15)(H2,16,17,18)/t6-,21?/m0/s1. The minimum atomic E-state index is -5.07. The van der Waals surface area contributed by atoms with E-state index in [9.17, 15) is 26.7 Å². The fourth-order valence-corrected chi connectivity index (χ4v) is 4.94. The van der Waals surface area contributed by atoms with Gasteiger partial charge in [-0.2, -0.15) is 13.2 Å². The molecule has 1 unspecified atom stereocenters. The lowest BCUT2D eigenvalue weighted by molar-refractivity contribution is -0.138. The van der Waals surface area contributed by atoms with Crippen LogP contribution in [-0.2, 0) is 19.1 Å². The van der Waals surface area contributed by atoms with Crippen molar-refractivity contribution in [3.05, 3.63) is 0 Å². The number of aliphatic carboxylic acids is 1. The number of hydrogen-bond donors (Lipinski definition) is 4. The Hall–Kier alpha value is -0.680. The number of rotatable bonds is 8. The van der Waals surface area contributed by atoms with Crippen LogP contribution in [0.4, 0.5) is 13.2 Å². The number of carboxylic acid groups (broad SMARTS) is 1. The van der Waals surface area contributed by atoms with Gasteiger partial charge in [0.15, 0.2) is 0 Å². The van der Waals surface area contributed by atoms with Crippen molar-refractivity contribution in [3.8, 4) is 0 Å². The van der Waals surface area contributed by atoms with E-state index in [1.165, 1.54) is 0 Å². The molecule has 0 bridgehead atoms. The monoisotopic (exact) mass is 356 g/mol. The van der Waals surface area contributed by atoms with Gasteiger partial charge in [-0.25, -0.2) is 8.77 Å². The Labute approximate surface area is 118 Å². The number of nitrogens with zero attached hydrogens (tertiary/aromatic N) is 1. The molecule has 5 N–H and O–H groups in total. The molecule has 0 rings (SSSR count). The van der Waals surface area contributed by atoms with Gasteiger partial charge < -0.3 is 20.6 Å². The van der Waals surface area contributed by atoms with E-state index in [1.807, 2.05) is 0 Å². The molecule has 126 valence electrons. The molecular formula is C8H16F3N2O6PS. The first-order valence-corrected chi connectivity index (χ1v) is 9.01. The molecule has 0 spiro atoms. The fourth-order valence-electron chi connectivity index (χ4n) is 1.31. The van der Waals surface area contributed by atoms with Crippen LogP contribution >= 0.6 is 7.75 Å². The van der Waals surface area contributed by atoms with Crippen LogP contribution in [0.25, 0.3) is 0 Å². The normalized spacial score (nSPS) is 17.0. The third kappa shape index (κ3) is 10.7. The number of carboxylic acids is 1. The largest absolute Gasteiger partial charge is 0.480 e. The van der Waals surface area contributed by atoms with Crippen LogP contribution in [0.15, 0.2) is 4.13 Å². The summed E-state index contributed by atoms with van der Waals surface area (Å²) >= 11 is 0. The number of alkyl halides is 3. The van der Waals surface area contributed by atoms with Gasteiger partial charge in [0, 0.05) is 17.9 Å². The van der Waals surface area contributed by atoms with Crippen molar-refractivity contribution in [1.29, 1.82) is 0 Å². The third-order valence-corrected chi connectivity index (χ3v) is 6.09. The fraction of sp³-hybridized carbons (Fsp3) is 0.875. The second-order valence-electron chi connectivity index (χ2n) is 4.23. The molecule has 0 aromatic heterocycles. The van der Waals surface area contributed by atoms with Gasteiger partial charge in [0.25, 0.3) is 0 Å². The van der Waals surface area contributed by atoms with Crippen LogP contribution in [0.3, 0.4) is 0 Å². The Morgan fingerprint density at radius 3 is 2.24 bits per heavy atom. The topological polar surface area (TPSA) is 150 Å². The van der Waals surface area contributed by atoms with Crippen molar-refractivity contribution in [2.24, 2.45) is 9.87 Å². The minimum Gasteiger partial charge on any atom is -0.480 e. The highest BCUT2D eigenvalue weighted by Crippen LogP contribution is 2.38. The lowest BCUT2D eigenvalue weighted by Crippen LogP contribution is -2.32. The van der Waals surface area contributed by atoms with E-state index in [2.05, 4.69) is 4.13 Å². The summed E-state index contributed by atoms with van der Waals surface area (Å²) < 4.78 is 61.7. The maximum absolute atomic E-state index is 12.1. The van der Waals surface area contributed by atoms with Gasteiger partial charge in [0.2, 0.25) is 0 Å². The van der Waals surface area contributed by atoms with E-state index in [1.54, 1.807) is 0 Å². The molecule has 0 aliphatic heterocycles. The van der Waals surface area contributed by atoms with Crippen LogP contribution in [0, 0.1) is 0 Å². The summed E-state index contributed by atoms with van der Waals surface area (Å²) in [5.74, 6) is -2.74. The molecule has 13 heteroatoms. The first-order chi connectivity index (χ1) is 9.24. The van der Waals surface area contributed by atoms with E-state index in [-0.39, 0.29) is 0 Å². The van der Waals surface area contributed by atoms with Gasteiger partial charge in [-0.05, 0) is 12.8 Å². The van der Waals surface area contributed by atoms with Gasteiger partial charge in [-0.1, -0.05) is 0 Å². The number of nitrogens with two attached hydrogens (primary N) is 1. The zero-order valence-electron chi connectivity index (χ0n) is 10.7. The third-order valence-electron chi connectivity index (χ3n) is 2.24. The van der Waals surface area contributed by atoms with Gasteiger partial charge in [0.1, 0.15) is 6.04 Å². The highest BCUT2D eigenvalue weighted by Gasteiger charge is 2.28. The highest BCUT2D eigenvalue weighted by molar-refractivity contribution is 7.96. The maximum Gasteiger partial charge on any atom is 0.456 e. The molecule has 0 fully saturated rings. The maximum atomic E-state index is 12.1. The van der Waals surface area contributed by atoms with Gasteiger partial charge in [-0.3, -0.25) is 4.79 Å². The smallest absolute Gasteiger partial charge is 0.456 e. The molecule has 0 amide bonds. The Morgan fingerprint density at radius 2 is 1.86 bits per heavy atom. The van der Waals surface area contributed by atoms with Crippen LogP contribution in [0.1, 0.15) is 19.3 Å². The molecule has 0 saturated carbocycles. The Bertz CT molecular complexity index is 525. The summed E-state index contributed by atoms with van der Waals surface area (Å²) in [5.41, 5.74) is 5.14. The predicted octanol–water partition coefficient (Wildman–Crippen LogP) is 0.692. The van der Waals surface area contributed by atoms with Crippen LogP contribution in [0.2, 0.25) is 0 Å². The molecule has 0 aromatic rings. The van der Waals surface area contributed by atoms with Crippen molar-refractivity contribution in [1.82, 2.24) is 0 Å². The van der Waals surface area contributed by atoms with Gasteiger partial charge >= 0.3 is 19.9 Å². The molecule has 8 nitrogen and oxygen atoms in total. The first kappa shape index (κ1) is 20.3.